The van der Waals surface area contributed by atoms with Crippen molar-refractivity contribution >= 4 is 33.6 Å². The molecule has 1 aromatic carbocycles. The second-order valence-corrected chi connectivity index (χ2v) is 6.63. The lowest BCUT2D eigenvalue weighted by molar-refractivity contribution is -0.125. The third kappa shape index (κ3) is 4.40. The SMILES string of the molecule is COc1cc(/C=C2\C(=O)N(CCC#N)N=C2C)c(Br)cc1OC(C)C. The molecule has 25 heavy (non-hydrogen) atoms. The average molecular weight is 406 g/mol. The Hall–Kier alpha value is -2.33. The molecular formula is C18H20BrN3O3. The van der Waals surface area contributed by atoms with Gasteiger partial charge in [0.2, 0.25) is 0 Å². The predicted octanol–water partition coefficient (Wildman–Crippen LogP) is 3.76. The number of rotatable bonds is 6. The number of carbonyl (C=O) groups is 1. The molecule has 1 heterocycles. The first-order valence-corrected chi connectivity index (χ1v) is 8.67. The molecular weight excluding hydrogens is 386 g/mol. The molecule has 1 aliphatic rings. The van der Waals surface area contributed by atoms with Gasteiger partial charge in [0.1, 0.15) is 0 Å². The number of amides is 1. The molecule has 0 N–H and O–H groups in total. The number of methoxy groups -OCH3 is 1. The highest BCUT2D eigenvalue weighted by atomic mass is 79.9. The topological polar surface area (TPSA) is 74.9 Å². The summed E-state index contributed by atoms with van der Waals surface area (Å²) in [6, 6.07) is 5.66. The van der Waals surface area contributed by atoms with E-state index in [1.807, 2.05) is 32.0 Å². The van der Waals surface area contributed by atoms with Gasteiger partial charge in [-0.15, -0.1) is 0 Å². The summed E-state index contributed by atoms with van der Waals surface area (Å²) in [4.78, 5) is 12.5. The largest absolute Gasteiger partial charge is 0.493 e. The van der Waals surface area contributed by atoms with Gasteiger partial charge in [-0.05, 0) is 44.5 Å². The predicted molar refractivity (Wildman–Crippen MR) is 99.5 cm³/mol. The second kappa shape index (κ2) is 8.17. The number of benzene rings is 1. The summed E-state index contributed by atoms with van der Waals surface area (Å²) in [5.41, 5.74) is 1.91. The van der Waals surface area contributed by atoms with Crippen LogP contribution < -0.4 is 9.47 Å². The summed E-state index contributed by atoms with van der Waals surface area (Å²) in [5.74, 6) is 1.01. The Morgan fingerprint density at radius 1 is 1.40 bits per heavy atom. The summed E-state index contributed by atoms with van der Waals surface area (Å²) in [7, 11) is 1.57. The van der Waals surface area contributed by atoms with Gasteiger partial charge in [-0.3, -0.25) is 4.79 Å². The van der Waals surface area contributed by atoms with Crippen LogP contribution in [0.1, 0.15) is 32.8 Å². The van der Waals surface area contributed by atoms with Gasteiger partial charge in [-0.1, -0.05) is 15.9 Å². The second-order valence-electron chi connectivity index (χ2n) is 5.77. The minimum Gasteiger partial charge on any atom is -0.493 e. The highest BCUT2D eigenvalue weighted by molar-refractivity contribution is 9.10. The van der Waals surface area contributed by atoms with E-state index in [0.717, 1.165) is 10.0 Å². The molecule has 0 unspecified atom stereocenters. The van der Waals surface area contributed by atoms with Crippen molar-refractivity contribution in [3.8, 4) is 17.6 Å². The van der Waals surface area contributed by atoms with Gasteiger partial charge in [-0.25, -0.2) is 5.01 Å². The number of halogens is 1. The van der Waals surface area contributed by atoms with E-state index in [2.05, 4.69) is 21.0 Å². The molecule has 1 aliphatic heterocycles. The number of ether oxygens (including phenoxy) is 2. The number of hydrazone groups is 1. The maximum atomic E-state index is 12.5. The lowest BCUT2D eigenvalue weighted by atomic mass is 10.1. The van der Waals surface area contributed by atoms with Crippen molar-refractivity contribution < 1.29 is 14.3 Å². The molecule has 1 aromatic rings. The number of nitrogens with zero attached hydrogens (tertiary/aromatic N) is 3. The smallest absolute Gasteiger partial charge is 0.275 e. The molecule has 0 bridgehead atoms. The maximum Gasteiger partial charge on any atom is 0.275 e. The van der Waals surface area contributed by atoms with Crippen LogP contribution in [0.3, 0.4) is 0 Å². The van der Waals surface area contributed by atoms with Crippen LogP contribution in [-0.2, 0) is 4.79 Å². The van der Waals surface area contributed by atoms with E-state index >= 15 is 0 Å². The maximum absolute atomic E-state index is 12.5. The van der Waals surface area contributed by atoms with Gasteiger partial charge in [-0.2, -0.15) is 10.4 Å². The molecule has 0 aliphatic carbocycles. The van der Waals surface area contributed by atoms with E-state index in [4.69, 9.17) is 14.7 Å². The number of nitriles is 1. The van der Waals surface area contributed by atoms with E-state index in [1.165, 1.54) is 5.01 Å². The number of carbonyl (C=O) groups excluding carboxylic acids is 1. The normalized spacial score (nSPS) is 15.6. The third-order valence-electron chi connectivity index (χ3n) is 3.51. The zero-order valence-corrected chi connectivity index (χ0v) is 16.3. The monoisotopic (exact) mass is 405 g/mol. The van der Waals surface area contributed by atoms with Crippen LogP contribution in [0.15, 0.2) is 27.3 Å². The van der Waals surface area contributed by atoms with Crippen LogP contribution in [0.4, 0.5) is 0 Å². The Bertz CT molecular complexity index is 779. The fraction of sp³-hybridized carbons (Fsp3) is 0.389. The molecule has 0 atom stereocenters. The van der Waals surface area contributed by atoms with E-state index in [1.54, 1.807) is 20.1 Å². The van der Waals surface area contributed by atoms with Gasteiger partial charge in [0, 0.05) is 4.47 Å². The summed E-state index contributed by atoms with van der Waals surface area (Å²) in [5, 5.41) is 14.2. The van der Waals surface area contributed by atoms with E-state index in [0.29, 0.717) is 22.8 Å². The van der Waals surface area contributed by atoms with Crippen molar-refractivity contribution in [2.75, 3.05) is 13.7 Å². The highest BCUT2D eigenvalue weighted by Crippen LogP contribution is 2.35. The minimum atomic E-state index is -0.207. The zero-order valence-electron chi connectivity index (χ0n) is 14.7. The summed E-state index contributed by atoms with van der Waals surface area (Å²) < 4.78 is 11.9. The van der Waals surface area contributed by atoms with Crippen molar-refractivity contribution in [3.63, 3.8) is 0 Å². The standard InChI is InChI=1S/C18H20BrN3O3/c1-11(2)25-17-10-15(19)13(9-16(17)24-4)8-14-12(3)21-22(18(14)23)7-5-6-20/h8-11H,5,7H2,1-4H3/b14-8-. The Balaban J connectivity index is 2.36. The van der Waals surface area contributed by atoms with Crippen molar-refractivity contribution in [1.29, 1.82) is 5.26 Å². The van der Waals surface area contributed by atoms with Gasteiger partial charge in [0.25, 0.3) is 5.91 Å². The Morgan fingerprint density at radius 2 is 2.12 bits per heavy atom. The minimum absolute atomic E-state index is 0.0180. The first-order valence-electron chi connectivity index (χ1n) is 7.87. The molecule has 132 valence electrons. The van der Waals surface area contributed by atoms with Crippen molar-refractivity contribution in [1.82, 2.24) is 5.01 Å². The van der Waals surface area contributed by atoms with Crippen LogP contribution in [-0.4, -0.2) is 36.4 Å². The van der Waals surface area contributed by atoms with Crippen LogP contribution >= 0.6 is 15.9 Å². The van der Waals surface area contributed by atoms with E-state index in [-0.39, 0.29) is 25.0 Å². The number of hydrogen-bond acceptors (Lipinski definition) is 5. The summed E-state index contributed by atoms with van der Waals surface area (Å²) in [6.45, 7) is 5.94. The molecule has 0 spiro atoms. The molecule has 1 amide bonds. The Kier molecular flexibility index (Phi) is 6.21. The summed E-state index contributed by atoms with van der Waals surface area (Å²) >= 11 is 3.52. The summed E-state index contributed by atoms with van der Waals surface area (Å²) in [6.07, 6.45) is 2.03. The molecule has 0 fully saturated rings. The first-order chi connectivity index (χ1) is 11.9. The Labute approximate surface area is 155 Å². The molecule has 0 aromatic heterocycles. The van der Waals surface area contributed by atoms with Crippen LogP contribution in [0.2, 0.25) is 0 Å². The van der Waals surface area contributed by atoms with E-state index in [9.17, 15) is 4.79 Å². The fourth-order valence-corrected chi connectivity index (χ4v) is 2.81. The Morgan fingerprint density at radius 3 is 2.72 bits per heavy atom. The van der Waals surface area contributed by atoms with Crippen LogP contribution in [0.25, 0.3) is 6.08 Å². The van der Waals surface area contributed by atoms with Gasteiger partial charge < -0.3 is 9.47 Å². The van der Waals surface area contributed by atoms with Gasteiger partial charge in [0.05, 0.1) is 43.5 Å². The average Bonchev–Trinajstić information content (AvgIpc) is 2.82. The van der Waals surface area contributed by atoms with Crippen LogP contribution in [0.5, 0.6) is 11.5 Å². The molecule has 7 heteroatoms. The first kappa shape index (κ1) is 19.0. The van der Waals surface area contributed by atoms with Gasteiger partial charge in [0.15, 0.2) is 11.5 Å². The number of hydrogen-bond donors (Lipinski definition) is 0. The third-order valence-corrected chi connectivity index (χ3v) is 4.19. The molecule has 6 nitrogen and oxygen atoms in total. The molecule has 0 saturated heterocycles. The lowest BCUT2D eigenvalue weighted by Gasteiger charge is -2.15. The van der Waals surface area contributed by atoms with Crippen molar-refractivity contribution in [3.05, 3.63) is 27.7 Å². The molecule has 2 rings (SSSR count). The molecule has 0 radical (unpaired) electrons. The van der Waals surface area contributed by atoms with Crippen LogP contribution in [0, 0.1) is 11.3 Å². The van der Waals surface area contributed by atoms with Gasteiger partial charge >= 0.3 is 0 Å². The quantitative estimate of drug-likeness (QED) is 0.675. The zero-order chi connectivity index (χ0) is 18.6. The van der Waals surface area contributed by atoms with Crippen molar-refractivity contribution in [2.24, 2.45) is 5.10 Å². The van der Waals surface area contributed by atoms with E-state index < -0.39 is 0 Å². The van der Waals surface area contributed by atoms with Crippen molar-refractivity contribution in [2.45, 2.75) is 33.3 Å². The highest BCUT2D eigenvalue weighted by Gasteiger charge is 2.27. The fourth-order valence-electron chi connectivity index (χ4n) is 2.37. The lowest BCUT2D eigenvalue weighted by Crippen LogP contribution is -2.23. The molecule has 0 saturated carbocycles.